The molecular weight excluding hydrogens is 412 g/mol. The molecule has 5 rings (SSSR count). The Morgan fingerprint density at radius 1 is 1.31 bits per heavy atom. The van der Waals surface area contributed by atoms with Crippen molar-refractivity contribution in [2.24, 2.45) is 7.05 Å². The van der Waals surface area contributed by atoms with Crippen LogP contribution in [0.3, 0.4) is 0 Å². The number of rotatable bonds is 1. The summed E-state index contributed by atoms with van der Waals surface area (Å²) >= 11 is 1.59. The molecule has 0 aliphatic carbocycles. The quantitative estimate of drug-likeness (QED) is 0.738. The standard InChI is InChI=1S/C20H24N4O3S.ClH/c1-12-22-15-11-24(10-13(15)18(25)23(12)2)19(26)17-9-14-16(28-17)3-8-27-20(14)4-6-21-7-5-20;/h9,21H,3-8,10-11H2,1-2H3;1H. The summed E-state index contributed by atoms with van der Waals surface area (Å²) in [5, 5.41) is 3.40. The van der Waals surface area contributed by atoms with Crippen molar-refractivity contribution in [3.63, 3.8) is 0 Å². The molecule has 29 heavy (non-hydrogen) atoms. The number of fused-ring (bicyclic) bond motifs is 3. The van der Waals surface area contributed by atoms with E-state index in [0.29, 0.717) is 24.5 Å². The van der Waals surface area contributed by atoms with Crippen molar-refractivity contribution >= 4 is 29.7 Å². The SMILES string of the molecule is Cc1nc2c(c(=O)n1C)CN(C(=O)c1cc3c(s1)CCOC31CCNCC1)C2.Cl. The molecule has 3 aliphatic heterocycles. The van der Waals surface area contributed by atoms with Crippen LogP contribution in [0.15, 0.2) is 10.9 Å². The minimum Gasteiger partial charge on any atom is -0.370 e. The highest BCUT2D eigenvalue weighted by molar-refractivity contribution is 7.14. The lowest BCUT2D eigenvalue weighted by atomic mass is 9.83. The van der Waals surface area contributed by atoms with Crippen molar-refractivity contribution in [1.82, 2.24) is 19.8 Å². The second-order valence-corrected chi connectivity index (χ2v) is 9.04. The largest absolute Gasteiger partial charge is 0.370 e. The Balaban J connectivity index is 0.00000205. The van der Waals surface area contributed by atoms with Gasteiger partial charge in [0.05, 0.1) is 41.4 Å². The van der Waals surface area contributed by atoms with Gasteiger partial charge >= 0.3 is 0 Å². The lowest BCUT2D eigenvalue weighted by Gasteiger charge is -2.40. The second kappa shape index (κ2) is 7.50. The van der Waals surface area contributed by atoms with Crippen LogP contribution in [0.4, 0.5) is 0 Å². The first-order chi connectivity index (χ1) is 13.5. The molecule has 0 bridgehead atoms. The van der Waals surface area contributed by atoms with E-state index in [-0.39, 0.29) is 29.5 Å². The zero-order chi connectivity index (χ0) is 19.5. The third-order valence-electron chi connectivity index (χ3n) is 6.30. The van der Waals surface area contributed by atoms with Gasteiger partial charge in [-0.25, -0.2) is 4.98 Å². The van der Waals surface area contributed by atoms with Crippen LogP contribution < -0.4 is 10.9 Å². The minimum absolute atomic E-state index is 0. The van der Waals surface area contributed by atoms with E-state index in [9.17, 15) is 9.59 Å². The third kappa shape index (κ3) is 3.22. The number of hydrogen-bond donors (Lipinski definition) is 1. The molecule has 0 radical (unpaired) electrons. The van der Waals surface area contributed by atoms with Gasteiger partial charge in [0.1, 0.15) is 5.82 Å². The van der Waals surface area contributed by atoms with Crippen LogP contribution in [0, 0.1) is 6.92 Å². The van der Waals surface area contributed by atoms with Gasteiger partial charge in [-0.05, 0) is 44.5 Å². The Morgan fingerprint density at radius 3 is 2.83 bits per heavy atom. The fourth-order valence-electron chi connectivity index (χ4n) is 4.59. The fraction of sp³-hybridized carbons (Fsp3) is 0.550. The van der Waals surface area contributed by atoms with E-state index < -0.39 is 0 Å². The maximum atomic E-state index is 13.2. The number of aromatic nitrogens is 2. The monoisotopic (exact) mass is 436 g/mol. The summed E-state index contributed by atoms with van der Waals surface area (Å²) in [6.45, 7) is 5.15. The van der Waals surface area contributed by atoms with E-state index >= 15 is 0 Å². The number of carbonyl (C=O) groups excluding carboxylic acids is 1. The minimum atomic E-state index is -0.240. The smallest absolute Gasteiger partial charge is 0.264 e. The first-order valence-corrected chi connectivity index (χ1v) is 10.6. The van der Waals surface area contributed by atoms with E-state index in [4.69, 9.17) is 4.74 Å². The van der Waals surface area contributed by atoms with Crippen LogP contribution in [0.25, 0.3) is 0 Å². The van der Waals surface area contributed by atoms with E-state index in [2.05, 4.69) is 10.3 Å². The molecule has 0 atom stereocenters. The molecule has 1 N–H and O–H groups in total. The molecular formula is C20H25ClN4O3S. The fourth-order valence-corrected chi connectivity index (χ4v) is 5.79. The Morgan fingerprint density at radius 2 is 2.07 bits per heavy atom. The summed E-state index contributed by atoms with van der Waals surface area (Å²) in [6.07, 6.45) is 2.75. The zero-order valence-corrected chi connectivity index (χ0v) is 18.3. The van der Waals surface area contributed by atoms with Crippen molar-refractivity contribution < 1.29 is 9.53 Å². The van der Waals surface area contributed by atoms with E-state index in [1.54, 1.807) is 27.9 Å². The summed E-state index contributed by atoms with van der Waals surface area (Å²) in [5.41, 5.74) is 2.28. The van der Waals surface area contributed by atoms with Gasteiger partial charge < -0.3 is 15.0 Å². The first kappa shape index (κ1) is 20.5. The summed E-state index contributed by atoms with van der Waals surface area (Å²) in [7, 11) is 1.72. The Labute approximate surface area is 179 Å². The molecule has 2 aromatic rings. The molecule has 156 valence electrons. The van der Waals surface area contributed by atoms with E-state index in [0.717, 1.165) is 49.5 Å². The van der Waals surface area contributed by atoms with Crippen molar-refractivity contribution in [2.75, 3.05) is 19.7 Å². The molecule has 0 saturated carbocycles. The maximum absolute atomic E-state index is 13.2. The van der Waals surface area contributed by atoms with Gasteiger partial charge in [-0.15, -0.1) is 23.7 Å². The topological polar surface area (TPSA) is 76.5 Å². The molecule has 0 aromatic carbocycles. The number of nitrogens with zero attached hydrogens (tertiary/aromatic N) is 3. The van der Waals surface area contributed by atoms with Gasteiger partial charge in [-0.2, -0.15) is 0 Å². The average molecular weight is 437 g/mol. The van der Waals surface area contributed by atoms with Crippen LogP contribution in [0.2, 0.25) is 0 Å². The lowest BCUT2D eigenvalue weighted by molar-refractivity contribution is -0.0792. The van der Waals surface area contributed by atoms with Crippen molar-refractivity contribution in [1.29, 1.82) is 0 Å². The molecule has 2 aromatic heterocycles. The molecule has 1 spiro atoms. The van der Waals surface area contributed by atoms with Gasteiger partial charge in [-0.1, -0.05) is 0 Å². The highest BCUT2D eigenvalue weighted by Gasteiger charge is 2.41. The summed E-state index contributed by atoms with van der Waals surface area (Å²) in [5.74, 6) is 0.663. The number of carbonyl (C=O) groups is 1. The van der Waals surface area contributed by atoms with Crippen LogP contribution >= 0.6 is 23.7 Å². The maximum Gasteiger partial charge on any atom is 0.264 e. The summed E-state index contributed by atoms with van der Waals surface area (Å²) < 4.78 is 7.78. The highest BCUT2D eigenvalue weighted by Crippen LogP contribution is 2.43. The highest BCUT2D eigenvalue weighted by atomic mass is 35.5. The summed E-state index contributed by atoms with van der Waals surface area (Å²) in [6, 6.07) is 2.05. The molecule has 1 fully saturated rings. The second-order valence-electron chi connectivity index (χ2n) is 7.90. The molecule has 1 amide bonds. The predicted octanol–water partition coefficient (Wildman–Crippen LogP) is 1.88. The van der Waals surface area contributed by atoms with Gasteiger partial charge in [0.2, 0.25) is 0 Å². The molecule has 9 heteroatoms. The molecule has 1 saturated heterocycles. The number of amides is 1. The summed E-state index contributed by atoms with van der Waals surface area (Å²) in [4.78, 5) is 34.0. The number of nitrogens with one attached hydrogen (secondary N) is 1. The van der Waals surface area contributed by atoms with E-state index in [1.165, 1.54) is 10.4 Å². The number of ether oxygens (including phenoxy) is 1. The predicted molar refractivity (Wildman–Crippen MR) is 113 cm³/mol. The van der Waals surface area contributed by atoms with Crippen molar-refractivity contribution in [3.05, 3.63) is 48.8 Å². The number of hydrogen-bond acceptors (Lipinski definition) is 6. The number of aryl methyl sites for hydroxylation is 1. The van der Waals surface area contributed by atoms with Crippen LogP contribution in [-0.2, 0) is 36.9 Å². The molecule has 5 heterocycles. The van der Waals surface area contributed by atoms with Crippen molar-refractivity contribution in [3.8, 4) is 0 Å². The molecule has 7 nitrogen and oxygen atoms in total. The van der Waals surface area contributed by atoms with Crippen molar-refractivity contribution in [2.45, 2.75) is 44.9 Å². The van der Waals surface area contributed by atoms with Crippen LogP contribution in [0.5, 0.6) is 0 Å². The average Bonchev–Trinajstić information content (AvgIpc) is 3.32. The third-order valence-corrected chi connectivity index (χ3v) is 7.48. The Kier molecular flexibility index (Phi) is 5.31. The van der Waals surface area contributed by atoms with Gasteiger partial charge in [0.15, 0.2) is 0 Å². The van der Waals surface area contributed by atoms with Gasteiger partial charge in [0, 0.05) is 18.3 Å². The number of halogens is 1. The molecule has 0 unspecified atom stereocenters. The first-order valence-electron chi connectivity index (χ1n) is 9.81. The van der Waals surface area contributed by atoms with Gasteiger partial charge in [-0.3, -0.25) is 14.2 Å². The van der Waals surface area contributed by atoms with E-state index in [1.807, 2.05) is 13.0 Å². The van der Waals surface area contributed by atoms with Crippen LogP contribution in [0.1, 0.15) is 50.0 Å². The zero-order valence-electron chi connectivity index (χ0n) is 16.6. The molecule has 3 aliphatic rings. The van der Waals surface area contributed by atoms with Gasteiger partial charge in [0.25, 0.3) is 11.5 Å². The van der Waals surface area contributed by atoms with Crippen LogP contribution in [-0.4, -0.2) is 40.1 Å². The lowest BCUT2D eigenvalue weighted by Crippen LogP contribution is -2.44. The number of piperidine rings is 1. The normalized spacial score (nSPS) is 19.6. The number of thiophene rings is 1. The Bertz CT molecular complexity index is 1030. The Hall–Kier alpha value is -1.74.